The average molecular weight is 329 g/mol. The molecule has 6 heteroatoms. The molecule has 0 saturated carbocycles. The third-order valence-electron chi connectivity index (χ3n) is 4.45. The summed E-state index contributed by atoms with van der Waals surface area (Å²) in [6.07, 6.45) is -0.302. The molecule has 1 saturated heterocycles. The summed E-state index contributed by atoms with van der Waals surface area (Å²) in [5.41, 5.74) is 3.72. The molecule has 6 nitrogen and oxygen atoms in total. The summed E-state index contributed by atoms with van der Waals surface area (Å²) in [7, 11) is 0. The van der Waals surface area contributed by atoms with Gasteiger partial charge in [-0.1, -0.05) is 11.6 Å². The van der Waals surface area contributed by atoms with Crippen LogP contribution in [-0.2, 0) is 4.74 Å². The fraction of sp³-hybridized carbons (Fsp3) is 0.444. The van der Waals surface area contributed by atoms with Gasteiger partial charge in [0, 0.05) is 42.8 Å². The van der Waals surface area contributed by atoms with Gasteiger partial charge in [0.05, 0.1) is 12.2 Å². The van der Waals surface area contributed by atoms with Gasteiger partial charge in [-0.3, -0.25) is 4.79 Å². The third kappa shape index (κ3) is 2.96. The molecule has 1 aliphatic rings. The molecule has 0 aliphatic carbocycles. The lowest BCUT2D eigenvalue weighted by Crippen LogP contribution is -2.50. The van der Waals surface area contributed by atoms with Crippen LogP contribution in [0.2, 0.25) is 0 Å². The molecule has 0 spiro atoms. The maximum atomic E-state index is 13.0. The van der Waals surface area contributed by atoms with Gasteiger partial charge in [-0.05, 0) is 32.9 Å². The van der Waals surface area contributed by atoms with Gasteiger partial charge in [-0.25, -0.2) is 4.79 Å². The molecule has 1 aromatic heterocycles. The number of H-pyrrole nitrogens is 1. The van der Waals surface area contributed by atoms with E-state index in [0.29, 0.717) is 32.8 Å². The molecule has 0 atom stereocenters. The number of benzene rings is 1. The summed E-state index contributed by atoms with van der Waals surface area (Å²) in [6.45, 7) is 8.16. The van der Waals surface area contributed by atoms with Crippen LogP contribution in [0.15, 0.2) is 18.2 Å². The van der Waals surface area contributed by atoms with Crippen molar-refractivity contribution in [3.05, 3.63) is 35.0 Å². The van der Waals surface area contributed by atoms with Crippen molar-refractivity contribution < 1.29 is 14.3 Å². The second-order valence-corrected chi connectivity index (χ2v) is 6.15. The van der Waals surface area contributed by atoms with Crippen molar-refractivity contribution >= 4 is 22.9 Å². The van der Waals surface area contributed by atoms with Crippen LogP contribution in [0.5, 0.6) is 0 Å². The number of ether oxygens (including phenoxy) is 1. The number of aromatic amines is 1. The number of nitrogens with zero attached hydrogens (tertiary/aromatic N) is 2. The maximum Gasteiger partial charge on any atom is 0.409 e. The van der Waals surface area contributed by atoms with Gasteiger partial charge in [-0.2, -0.15) is 0 Å². The SMILES string of the molecule is CCOC(=O)N1CCN(C(=O)c2c(C)[nH]c3ccc(C)cc23)CC1. The molecule has 0 bridgehead atoms. The van der Waals surface area contributed by atoms with E-state index in [1.807, 2.05) is 36.9 Å². The summed E-state index contributed by atoms with van der Waals surface area (Å²) in [6, 6.07) is 6.08. The fourth-order valence-corrected chi connectivity index (χ4v) is 3.18. The monoisotopic (exact) mass is 329 g/mol. The zero-order chi connectivity index (χ0) is 17.3. The number of rotatable bonds is 2. The van der Waals surface area contributed by atoms with Crippen LogP contribution in [0.25, 0.3) is 10.9 Å². The normalized spacial score (nSPS) is 15.0. The number of piperazine rings is 1. The molecule has 3 rings (SSSR count). The molecule has 2 aromatic rings. The molecular weight excluding hydrogens is 306 g/mol. The number of aromatic nitrogens is 1. The highest BCUT2D eigenvalue weighted by Crippen LogP contribution is 2.25. The molecule has 1 aromatic carbocycles. The number of amides is 2. The molecular formula is C18H23N3O3. The van der Waals surface area contributed by atoms with Crippen LogP contribution in [0, 0.1) is 13.8 Å². The molecule has 2 amide bonds. The number of carbonyl (C=O) groups is 2. The number of nitrogens with one attached hydrogen (secondary N) is 1. The molecule has 0 unspecified atom stereocenters. The molecule has 1 aliphatic heterocycles. The Bertz CT molecular complexity index is 773. The second-order valence-electron chi connectivity index (χ2n) is 6.15. The van der Waals surface area contributed by atoms with Crippen LogP contribution in [0.3, 0.4) is 0 Å². The van der Waals surface area contributed by atoms with Crippen molar-refractivity contribution in [3.8, 4) is 0 Å². The van der Waals surface area contributed by atoms with Gasteiger partial charge in [0.2, 0.25) is 0 Å². The largest absolute Gasteiger partial charge is 0.450 e. The van der Waals surface area contributed by atoms with Crippen molar-refractivity contribution in [3.63, 3.8) is 0 Å². The maximum absolute atomic E-state index is 13.0. The molecule has 2 heterocycles. The van der Waals surface area contributed by atoms with E-state index in [2.05, 4.69) is 4.98 Å². The number of hydrogen-bond donors (Lipinski definition) is 1. The van der Waals surface area contributed by atoms with Crippen LogP contribution >= 0.6 is 0 Å². The quantitative estimate of drug-likeness (QED) is 0.921. The van der Waals surface area contributed by atoms with Crippen molar-refractivity contribution in [1.82, 2.24) is 14.8 Å². The van der Waals surface area contributed by atoms with Gasteiger partial charge in [0.15, 0.2) is 0 Å². The minimum Gasteiger partial charge on any atom is -0.450 e. The molecule has 1 N–H and O–H groups in total. The first-order valence-electron chi connectivity index (χ1n) is 8.31. The highest BCUT2D eigenvalue weighted by atomic mass is 16.6. The van der Waals surface area contributed by atoms with Gasteiger partial charge in [-0.15, -0.1) is 0 Å². The van der Waals surface area contributed by atoms with Crippen molar-refractivity contribution in [2.24, 2.45) is 0 Å². The Morgan fingerprint density at radius 2 is 1.79 bits per heavy atom. The smallest absolute Gasteiger partial charge is 0.409 e. The zero-order valence-corrected chi connectivity index (χ0v) is 14.4. The van der Waals surface area contributed by atoms with Crippen molar-refractivity contribution in [1.29, 1.82) is 0 Å². The predicted molar refractivity (Wildman–Crippen MR) is 92.3 cm³/mol. The summed E-state index contributed by atoms with van der Waals surface area (Å²) in [4.78, 5) is 31.5. The predicted octanol–water partition coefficient (Wildman–Crippen LogP) is 2.70. The lowest BCUT2D eigenvalue weighted by atomic mass is 10.1. The molecule has 128 valence electrons. The van der Waals surface area contributed by atoms with E-state index in [-0.39, 0.29) is 12.0 Å². The first-order valence-corrected chi connectivity index (χ1v) is 8.31. The van der Waals surface area contributed by atoms with Crippen LogP contribution < -0.4 is 0 Å². The average Bonchev–Trinajstić information content (AvgIpc) is 2.89. The van der Waals surface area contributed by atoms with Crippen molar-refractivity contribution in [2.45, 2.75) is 20.8 Å². The Kier molecular flexibility index (Phi) is 4.46. The van der Waals surface area contributed by atoms with Gasteiger partial charge < -0.3 is 19.5 Å². The van der Waals surface area contributed by atoms with Crippen LogP contribution in [0.1, 0.15) is 28.5 Å². The van der Waals surface area contributed by atoms with Gasteiger partial charge in [0.25, 0.3) is 5.91 Å². The van der Waals surface area contributed by atoms with E-state index in [9.17, 15) is 9.59 Å². The first kappa shape index (κ1) is 16.4. The Labute approximate surface area is 141 Å². The Morgan fingerprint density at radius 3 is 2.46 bits per heavy atom. The Morgan fingerprint density at radius 1 is 1.12 bits per heavy atom. The van der Waals surface area contributed by atoms with E-state index < -0.39 is 0 Å². The van der Waals surface area contributed by atoms with Gasteiger partial charge >= 0.3 is 6.09 Å². The van der Waals surface area contributed by atoms with Crippen LogP contribution in [-0.4, -0.2) is 59.6 Å². The summed E-state index contributed by atoms with van der Waals surface area (Å²) >= 11 is 0. The number of hydrogen-bond acceptors (Lipinski definition) is 3. The standard InChI is InChI=1S/C18H23N3O3/c1-4-24-18(23)21-9-7-20(8-10-21)17(22)16-13(3)19-15-6-5-12(2)11-14(15)16/h5-6,11,19H,4,7-10H2,1-3H3. The number of fused-ring (bicyclic) bond motifs is 1. The summed E-state index contributed by atoms with van der Waals surface area (Å²) in [5, 5.41) is 0.963. The molecule has 1 fully saturated rings. The zero-order valence-electron chi connectivity index (χ0n) is 14.4. The lowest BCUT2D eigenvalue weighted by Gasteiger charge is -2.34. The van der Waals surface area contributed by atoms with Crippen LogP contribution in [0.4, 0.5) is 4.79 Å². The van der Waals surface area contributed by atoms with E-state index in [0.717, 1.165) is 27.7 Å². The first-order chi connectivity index (χ1) is 11.5. The Hall–Kier alpha value is -2.50. The lowest BCUT2D eigenvalue weighted by molar-refractivity contribution is 0.0571. The number of aryl methyl sites for hydroxylation is 2. The van der Waals surface area contributed by atoms with E-state index in [1.54, 1.807) is 11.8 Å². The van der Waals surface area contributed by atoms with E-state index >= 15 is 0 Å². The Balaban J connectivity index is 1.78. The minimum absolute atomic E-state index is 0.0212. The third-order valence-corrected chi connectivity index (χ3v) is 4.45. The summed E-state index contributed by atoms with van der Waals surface area (Å²) in [5.74, 6) is 0.0212. The van der Waals surface area contributed by atoms with Gasteiger partial charge in [0.1, 0.15) is 0 Å². The topological polar surface area (TPSA) is 65.6 Å². The number of carbonyl (C=O) groups excluding carboxylic acids is 2. The second kappa shape index (κ2) is 6.55. The van der Waals surface area contributed by atoms with E-state index in [4.69, 9.17) is 4.74 Å². The highest BCUT2D eigenvalue weighted by Gasteiger charge is 2.27. The van der Waals surface area contributed by atoms with E-state index in [1.165, 1.54) is 0 Å². The van der Waals surface area contributed by atoms with Crippen molar-refractivity contribution in [2.75, 3.05) is 32.8 Å². The highest BCUT2D eigenvalue weighted by molar-refractivity contribution is 6.08. The summed E-state index contributed by atoms with van der Waals surface area (Å²) < 4.78 is 5.02. The molecule has 24 heavy (non-hydrogen) atoms. The fourth-order valence-electron chi connectivity index (χ4n) is 3.18. The minimum atomic E-state index is -0.302. The molecule has 0 radical (unpaired) electrons.